The lowest BCUT2D eigenvalue weighted by molar-refractivity contribution is -0.385. The van der Waals surface area contributed by atoms with Gasteiger partial charge in [0.05, 0.1) is 23.0 Å². The van der Waals surface area contributed by atoms with E-state index in [9.17, 15) is 10.1 Å². The minimum Gasteiger partial charge on any atom is -0.391 e. The van der Waals surface area contributed by atoms with Crippen LogP contribution in [-0.2, 0) is 6.61 Å². The summed E-state index contributed by atoms with van der Waals surface area (Å²) >= 11 is 5.36. The summed E-state index contributed by atoms with van der Waals surface area (Å²) in [6.45, 7) is -0.362. The van der Waals surface area contributed by atoms with Gasteiger partial charge in [0, 0.05) is 11.6 Å². The molecule has 4 nitrogen and oxygen atoms in total. The van der Waals surface area contributed by atoms with Crippen molar-refractivity contribution in [3.63, 3.8) is 0 Å². The molecule has 0 unspecified atom stereocenters. The van der Waals surface area contributed by atoms with Crippen molar-refractivity contribution in [2.24, 2.45) is 0 Å². The molecule has 0 radical (unpaired) electrons. The predicted octanol–water partition coefficient (Wildman–Crippen LogP) is 1.68. The Morgan fingerprint density at radius 1 is 1.53 bits per heavy atom. The molecule has 0 aromatic heterocycles. The number of benzene rings is 1. The Labute approximate surface area is 91.6 Å². The molecule has 0 aliphatic rings. The molecule has 1 aromatic rings. The smallest absolute Gasteiger partial charge is 0.276 e. The number of nitro benzene ring substituents is 1. The van der Waals surface area contributed by atoms with E-state index in [0.717, 1.165) is 0 Å². The van der Waals surface area contributed by atoms with Gasteiger partial charge in [-0.3, -0.25) is 10.1 Å². The van der Waals surface area contributed by atoms with Crippen molar-refractivity contribution < 1.29 is 10.0 Å². The first-order valence-corrected chi connectivity index (χ1v) is 4.65. The third-order valence-corrected chi connectivity index (χ3v) is 1.89. The monoisotopic (exact) mass is 225 g/mol. The number of nitrogens with zero attached hydrogens (tertiary/aromatic N) is 1. The molecular formula is C10H8ClNO3. The van der Waals surface area contributed by atoms with Gasteiger partial charge in [-0.2, -0.15) is 0 Å². The standard InChI is InChI=1S/C10H8ClNO3/c11-5-1-2-8-3-4-9(7-13)10(6-8)12(14)15/h3-4,6,13H,5,7H2. The zero-order valence-corrected chi connectivity index (χ0v) is 8.49. The van der Waals surface area contributed by atoms with Crippen molar-refractivity contribution in [1.29, 1.82) is 0 Å². The molecule has 5 heteroatoms. The average Bonchev–Trinajstić information content (AvgIpc) is 2.25. The van der Waals surface area contributed by atoms with E-state index >= 15 is 0 Å². The fraction of sp³-hybridized carbons (Fsp3) is 0.200. The van der Waals surface area contributed by atoms with Crippen LogP contribution in [0.4, 0.5) is 5.69 Å². The first-order chi connectivity index (χ1) is 7.19. The van der Waals surface area contributed by atoms with Crippen LogP contribution in [0.1, 0.15) is 11.1 Å². The van der Waals surface area contributed by atoms with Crippen molar-refractivity contribution in [3.8, 4) is 11.8 Å². The lowest BCUT2D eigenvalue weighted by Gasteiger charge is -1.99. The average molecular weight is 226 g/mol. The molecule has 0 atom stereocenters. The first kappa shape index (κ1) is 11.5. The van der Waals surface area contributed by atoms with Gasteiger partial charge in [0.25, 0.3) is 5.69 Å². The Bertz CT molecular complexity index is 434. The minimum atomic E-state index is -0.544. The van der Waals surface area contributed by atoms with E-state index in [1.807, 2.05) is 0 Å². The number of rotatable bonds is 2. The highest BCUT2D eigenvalue weighted by Gasteiger charge is 2.12. The van der Waals surface area contributed by atoms with Crippen LogP contribution >= 0.6 is 11.6 Å². The van der Waals surface area contributed by atoms with Gasteiger partial charge in [-0.1, -0.05) is 11.8 Å². The van der Waals surface area contributed by atoms with Crippen LogP contribution in [0.15, 0.2) is 18.2 Å². The maximum Gasteiger partial charge on any atom is 0.276 e. The molecule has 0 spiro atoms. The van der Waals surface area contributed by atoms with Crippen LogP contribution in [0.3, 0.4) is 0 Å². The summed E-state index contributed by atoms with van der Waals surface area (Å²) in [4.78, 5) is 10.1. The SMILES string of the molecule is O=[N+]([O-])c1cc(C#CCCl)ccc1CO. The van der Waals surface area contributed by atoms with E-state index in [1.54, 1.807) is 6.07 Å². The van der Waals surface area contributed by atoms with Crippen LogP contribution in [-0.4, -0.2) is 15.9 Å². The second kappa shape index (κ2) is 5.35. The molecule has 0 amide bonds. The summed E-state index contributed by atoms with van der Waals surface area (Å²) in [5, 5.41) is 19.5. The number of hydrogen-bond acceptors (Lipinski definition) is 3. The van der Waals surface area contributed by atoms with Gasteiger partial charge in [0.2, 0.25) is 0 Å². The van der Waals surface area contributed by atoms with Crippen molar-refractivity contribution in [2.45, 2.75) is 6.61 Å². The molecule has 1 N–H and O–H groups in total. The fourth-order valence-corrected chi connectivity index (χ4v) is 1.15. The third-order valence-electron chi connectivity index (χ3n) is 1.75. The first-order valence-electron chi connectivity index (χ1n) is 4.12. The zero-order chi connectivity index (χ0) is 11.3. The van der Waals surface area contributed by atoms with Gasteiger partial charge in [-0.25, -0.2) is 0 Å². The Kier molecular flexibility index (Phi) is 4.10. The zero-order valence-electron chi connectivity index (χ0n) is 7.74. The van der Waals surface area contributed by atoms with Gasteiger partial charge in [-0.15, -0.1) is 11.6 Å². The van der Waals surface area contributed by atoms with E-state index in [4.69, 9.17) is 16.7 Å². The number of alkyl halides is 1. The minimum absolute atomic E-state index is 0.126. The Morgan fingerprint density at radius 2 is 2.27 bits per heavy atom. The number of hydrogen-bond donors (Lipinski definition) is 1. The number of nitro groups is 1. The maximum atomic E-state index is 10.6. The molecule has 1 aromatic carbocycles. The third kappa shape index (κ3) is 2.94. The van der Waals surface area contributed by atoms with Gasteiger partial charge in [0.1, 0.15) is 0 Å². The summed E-state index contributed by atoms with van der Waals surface area (Å²) in [5.74, 6) is 5.45. The quantitative estimate of drug-likeness (QED) is 0.361. The molecule has 78 valence electrons. The number of halogens is 1. The van der Waals surface area contributed by atoms with E-state index < -0.39 is 4.92 Å². The molecule has 1 rings (SSSR count). The molecule has 0 heterocycles. The van der Waals surface area contributed by atoms with Gasteiger partial charge in [-0.05, 0) is 12.1 Å². The van der Waals surface area contributed by atoms with Crippen LogP contribution in [0.2, 0.25) is 0 Å². The van der Waals surface area contributed by atoms with Crippen LogP contribution < -0.4 is 0 Å². The topological polar surface area (TPSA) is 63.4 Å². The van der Waals surface area contributed by atoms with Gasteiger partial charge >= 0.3 is 0 Å². The fourth-order valence-electron chi connectivity index (χ4n) is 1.08. The number of aliphatic hydroxyl groups excluding tert-OH is 1. The van der Waals surface area contributed by atoms with Crippen molar-refractivity contribution >= 4 is 17.3 Å². The van der Waals surface area contributed by atoms with Crippen LogP contribution in [0.25, 0.3) is 0 Å². The van der Waals surface area contributed by atoms with Gasteiger partial charge in [0.15, 0.2) is 0 Å². The second-order valence-corrected chi connectivity index (χ2v) is 2.96. The molecule has 0 aliphatic heterocycles. The van der Waals surface area contributed by atoms with Crippen LogP contribution in [0.5, 0.6) is 0 Å². The summed E-state index contributed by atoms with van der Waals surface area (Å²) < 4.78 is 0. The summed E-state index contributed by atoms with van der Waals surface area (Å²) in [6.07, 6.45) is 0. The Balaban J connectivity index is 3.16. The second-order valence-electron chi connectivity index (χ2n) is 2.69. The van der Waals surface area contributed by atoms with Crippen molar-refractivity contribution in [1.82, 2.24) is 0 Å². The molecular weight excluding hydrogens is 218 g/mol. The van der Waals surface area contributed by atoms with Crippen molar-refractivity contribution in [2.75, 3.05) is 5.88 Å². The maximum absolute atomic E-state index is 10.6. The van der Waals surface area contributed by atoms with Crippen LogP contribution in [0, 0.1) is 22.0 Å². The molecule has 0 saturated carbocycles. The molecule has 0 bridgehead atoms. The summed E-state index contributed by atoms with van der Waals surface area (Å²) in [6, 6.07) is 4.42. The highest BCUT2D eigenvalue weighted by atomic mass is 35.5. The molecule has 0 fully saturated rings. The summed E-state index contributed by atoms with van der Waals surface area (Å²) in [7, 11) is 0. The normalized spacial score (nSPS) is 9.20. The highest BCUT2D eigenvalue weighted by Crippen LogP contribution is 2.19. The molecule has 15 heavy (non-hydrogen) atoms. The lowest BCUT2D eigenvalue weighted by Crippen LogP contribution is -1.95. The lowest BCUT2D eigenvalue weighted by atomic mass is 10.1. The Morgan fingerprint density at radius 3 is 2.80 bits per heavy atom. The predicted molar refractivity (Wildman–Crippen MR) is 56.6 cm³/mol. The van der Waals surface area contributed by atoms with E-state index in [1.165, 1.54) is 12.1 Å². The highest BCUT2D eigenvalue weighted by molar-refractivity contribution is 6.19. The number of aliphatic hydroxyl groups is 1. The molecule has 0 saturated heterocycles. The van der Waals surface area contributed by atoms with E-state index in [0.29, 0.717) is 5.56 Å². The Hall–Kier alpha value is -1.57. The summed E-state index contributed by atoms with van der Waals surface area (Å²) in [5.41, 5.74) is 0.662. The van der Waals surface area contributed by atoms with Crippen molar-refractivity contribution in [3.05, 3.63) is 39.4 Å². The van der Waals surface area contributed by atoms with E-state index in [-0.39, 0.29) is 23.7 Å². The molecule has 0 aliphatic carbocycles. The van der Waals surface area contributed by atoms with Gasteiger partial charge < -0.3 is 5.11 Å². The largest absolute Gasteiger partial charge is 0.391 e. The van der Waals surface area contributed by atoms with E-state index in [2.05, 4.69) is 11.8 Å².